The van der Waals surface area contributed by atoms with Crippen molar-refractivity contribution in [1.29, 1.82) is 0 Å². The minimum atomic E-state index is -3.81. The fraction of sp³-hybridized carbons (Fsp3) is 0.0714. The second kappa shape index (κ2) is 5.85. The van der Waals surface area contributed by atoms with E-state index in [2.05, 4.69) is 5.32 Å². The molecule has 2 rings (SSSR count). The van der Waals surface area contributed by atoms with Crippen molar-refractivity contribution in [3.63, 3.8) is 0 Å². The first-order chi connectivity index (χ1) is 9.77. The van der Waals surface area contributed by atoms with Crippen LogP contribution in [0.1, 0.15) is 15.9 Å². The summed E-state index contributed by atoms with van der Waals surface area (Å²) in [6.07, 6.45) is 0. The van der Waals surface area contributed by atoms with E-state index in [9.17, 15) is 13.2 Å². The number of sulfonamides is 1. The number of halogens is 1. The highest BCUT2D eigenvalue weighted by Crippen LogP contribution is 2.18. The Morgan fingerprint density at radius 3 is 2.52 bits per heavy atom. The minimum Gasteiger partial charge on any atom is -0.322 e. The standard InChI is InChI=1S/C14H13ClN2O3S/c1-9-7-10(5-6-13(9)15)14(18)17-11-3-2-4-12(8-11)21(16,19)20/h2-8H,1H3,(H,17,18)(H2,16,19,20). The molecule has 21 heavy (non-hydrogen) atoms. The van der Waals surface area contributed by atoms with Crippen LogP contribution in [0.3, 0.4) is 0 Å². The molecule has 0 aliphatic carbocycles. The maximum absolute atomic E-state index is 12.1. The van der Waals surface area contributed by atoms with E-state index >= 15 is 0 Å². The number of aryl methyl sites for hydroxylation is 1. The molecule has 0 saturated heterocycles. The number of primary sulfonamides is 1. The first-order valence-corrected chi connectivity index (χ1v) is 7.90. The largest absolute Gasteiger partial charge is 0.322 e. The number of benzene rings is 2. The lowest BCUT2D eigenvalue weighted by atomic mass is 10.1. The zero-order valence-electron chi connectivity index (χ0n) is 11.1. The average molecular weight is 325 g/mol. The van der Waals surface area contributed by atoms with Crippen molar-refractivity contribution in [1.82, 2.24) is 0 Å². The molecule has 1 amide bonds. The first-order valence-electron chi connectivity index (χ1n) is 5.98. The Hall–Kier alpha value is -1.89. The summed E-state index contributed by atoms with van der Waals surface area (Å²) in [5.41, 5.74) is 1.56. The SMILES string of the molecule is Cc1cc(C(=O)Nc2cccc(S(N)(=O)=O)c2)ccc1Cl. The van der Waals surface area contributed by atoms with Gasteiger partial charge in [0.05, 0.1) is 4.90 Å². The van der Waals surface area contributed by atoms with Crippen molar-refractivity contribution in [3.8, 4) is 0 Å². The van der Waals surface area contributed by atoms with Gasteiger partial charge in [-0.25, -0.2) is 13.6 Å². The van der Waals surface area contributed by atoms with Gasteiger partial charge in [0.2, 0.25) is 10.0 Å². The topological polar surface area (TPSA) is 89.3 Å². The molecule has 0 aliphatic heterocycles. The number of nitrogens with two attached hydrogens (primary N) is 1. The molecule has 0 radical (unpaired) electrons. The summed E-state index contributed by atoms with van der Waals surface area (Å²) in [5, 5.41) is 8.24. The lowest BCUT2D eigenvalue weighted by Crippen LogP contribution is -2.15. The zero-order chi connectivity index (χ0) is 15.6. The number of amides is 1. The van der Waals surface area contributed by atoms with Crippen LogP contribution in [0.15, 0.2) is 47.4 Å². The van der Waals surface area contributed by atoms with Gasteiger partial charge in [-0.1, -0.05) is 17.7 Å². The number of carbonyl (C=O) groups excluding carboxylic acids is 1. The number of anilines is 1. The lowest BCUT2D eigenvalue weighted by molar-refractivity contribution is 0.102. The van der Waals surface area contributed by atoms with E-state index in [1.54, 1.807) is 31.2 Å². The van der Waals surface area contributed by atoms with Crippen LogP contribution in [0.5, 0.6) is 0 Å². The molecule has 0 atom stereocenters. The van der Waals surface area contributed by atoms with E-state index in [1.807, 2.05) is 0 Å². The van der Waals surface area contributed by atoms with Crippen molar-refractivity contribution in [2.24, 2.45) is 5.14 Å². The molecule has 2 aromatic rings. The Bertz CT molecular complexity index is 804. The molecule has 0 aliphatic rings. The molecular weight excluding hydrogens is 312 g/mol. The van der Waals surface area contributed by atoms with Crippen molar-refractivity contribution < 1.29 is 13.2 Å². The van der Waals surface area contributed by atoms with Gasteiger partial charge in [0.25, 0.3) is 5.91 Å². The normalized spacial score (nSPS) is 11.2. The zero-order valence-corrected chi connectivity index (χ0v) is 12.7. The lowest BCUT2D eigenvalue weighted by Gasteiger charge is -2.08. The van der Waals surface area contributed by atoms with Gasteiger partial charge >= 0.3 is 0 Å². The number of carbonyl (C=O) groups is 1. The molecule has 0 spiro atoms. The van der Waals surface area contributed by atoms with E-state index in [1.165, 1.54) is 18.2 Å². The molecule has 0 heterocycles. The van der Waals surface area contributed by atoms with Crippen LogP contribution in [-0.4, -0.2) is 14.3 Å². The molecule has 0 aromatic heterocycles. The van der Waals surface area contributed by atoms with Gasteiger partial charge in [-0.05, 0) is 48.9 Å². The molecule has 0 fully saturated rings. The Balaban J connectivity index is 2.25. The van der Waals surface area contributed by atoms with Gasteiger partial charge in [0.1, 0.15) is 0 Å². The summed E-state index contributed by atoms with van der Waals surface area (Å²) in [7, 11) is -3.81. The average Bonchev–Trinajstić information content (AvgIpc) is 2.41. The predicted octanol–water partition coefficient (Wildman–Crippen LogP) is 2.55. The summed E-state index contributed by atoms with van der Waals surface area (Å²) in [6, 6.07) is 10.6. The highest BCUT2D eigenvalue weighted by Gasteiger charge is 2.11. The van der Waals surface area contributed by atoms with E-state index < -0.39 is 10.0 Å². The number of rotatable bonds is 3. The van der Waals surface area contributed by atoms with E-state index in [0.29, 0.717) is 16.3 Å². The molecule has 5 nitrogen and oxygen atoms in total. The third-order valence-corrected chi connectivity index (χ3v) is 4.18. The van der Waals surface area contributed by atoms with Crippen molar-refractivity contribution in [2.45, 2.75) is 11.8 Å². The molecule has 0 saturated carbocycles. The van der Waals surface area contributed by atoms with Crippen LogP contribution < -0.4 is 10.5 Å². The van der Waals surface area contributed by atoms with Gasteiger partial charge in [0, 0.05) is 16.3 Å². The highest BCUT2D eigenvalue weighted by atomic mass is 35.5. The van der Waals surface area contributed by atoms with Crippen LogP contribution >= 0.6 is 11.6 Å². The van der Waals surface area contributed by atoms with Crippen LogP contribution in [0.2, 0.25) is 5.02 Å². The van der Waals surface area contributed by atoms with Crippen LogP contribution in [0.4, 0.5) is 5.69 Å². The Kier molecular flexibility index (Phi) is 4.32. The highest BCUT2D eigenvalue weighted by molar-refractivity contribution is 7.89. The minimum absolute atomic E-state index is 0.0624. The van der Waals surface area contributed by atoms with Gasteiger partial charge in [-0.3, -0.25) is 4.79 Å². The Morgan fingerprint density at radius 2 is 1.90 bits per heavy atom. The predicted molar refractivity (Wildman–Crippen MR) is 82.0 cm³/mol. The van der Waals surface area contributed by atoms with Crippen LogP contribution in [0.25, 0.3) is 0 Å². The van der Waals surface area contributed by atoms with E-state index in [0.717, 1.165) is 5.56 Å². The molecule has 110 valence electrons. The number of hydrogen-bond acceptors (Lipinski definition) is 3. The summed E-state index contributed by atoms with van der Waals surface area (Å²) < 4.78 is 22.5. The third kappa shape index (κ3) is 3.81. The second-order valence-corrected chi connectivity index (χ2v) is 6.46. The fourth-order valence-electron chi connectivity index (χ4n) is 1.74. The molecule has 7 heteroatoms. The molecule has 3 N–H and O–H groups in total. The van der Waals surface area contributed by atoms with Crippen molar-refractivity contribution >= 4 is 33.2 Å². The number of nitrogens with one attached hydrogen (secondary N) is 1. The second-order valence-electron chi connectivity index (χ2n) is 4.49. The Morgan fingerprint density at radius 1 is 1.19 bits per heavy atom. The third-order valence-electron chi connectivity index (χ3n) is 2.84. The molecule has 0 bridgehead atoms. The number of hydrogen-bond donors (Lipinski definition) is 2. The monoisotopic (exact) mass is 324 g/mol. The van der Waals surface area contributed by atoms with Gasteiger partial charge < -0.3 is 5.32 Å². The van der Waals surface area contributed by atoms with E-state index in [4.69, 9.17) is 16.7 Å². The van der Waals surface area contributed by atoms with Crippen molar-refractivity contribution in [2.75, 3.05) is 5.32 Å². The van der Waals surface area contributed by atoms with Gasteiger partial charge in [0.15, 0.2) is 0 Å². The van der Waals surface area contributed by atoms with Gasteiger partial charge in [-0.2, -0.15) is 0 Å². The molecular formula is C14H13ClN2O3S. The quantitative estimate of drug-likeness (QED) is 0.909. The fourth-order valence-corrected chi connectivity index (χ4v) is 2.42. The maximum atomic E-state index is 12.1. The molecule has 2 aromatic carbocycles. The van der Waals surface area contributed by atoms with Crippen molar-refractivity contribution in [3.05, 3.63) is 58.6 Å². The van der Waals surface area contributed by atoms with Gasteiger partial charge in [-0.15, -0.1) is 0 Å². The smallest absolute Gasteiger partial charge is 0.255 e. The maximum Gasteiger partial charge on any atom is 0.255 e. The molecule has 0 unspecified atom stereocenters. The van der Waals surface area contributed by atoms with E-state index in [-0.39, 0.29) is 10.8 Å². The summed E-state index contributed by atoms with van der Waals surface area (Å²) >= 11 is 5.90. The summed E-state index contributed by atoms with van der Waals surface area (Å²) in [5.74, 6) is -0.360. The van der Waals surface area contributed by atoms with Crippen LogP contribution in [0, 0.1) is 6.92 Å². The first kappa shape index (κ1) is 15.5. The van der Waals surface area contributed by atoms with Crippen LogP contribution in [-0.2, 0) is 10.0 Å². The Labute approximate surface area is 127 Å². The summed E-state index contributed by atoms with van der Waals surface area (Å²) in [4.78, 5) is 12.0. The summed E-state index contributed by atoms with van der Waals surface area (Å²) in [6.45, 7) is 1.79.